The third kappa shape index (κ3) is 96.8. The third-order valence-corrected chi connectivity index (χ3v) is 4.69. The third-order valence-electron chi connectivity index (χ3n) is 4.36. The highest BCUT2D eigenvalue weighted by Gasteiger charge is 2.44. The van der Waals surface area contributed by atoms with Crippen molar-refractivity contribution in [3.63, 3.8) is 0 Å². The number of carbonyl (C=O) groups excluding carboxylic acids is 3. The maximum atomic E-state index is 12.7. The molecule has 0 saturated heterocycles. The van der Waals surface area contributed by atoms with Gasteiger partial charge in [-0.25, -0.2) is 4.79 Å². The molecule has 1 aliphatic rings. The van der Waals surface area contributed by atoms with Gasteiger partial charge in [-0.3, -0.25) is 9.59 Å². The zero-order valence-electron chi connectivity index (χ0n) is 29.6. The van der Waals surface area contributed by atoms with E-state index in [4.69, 9.17) is 195 Å². The Morgan fingerprint density at radius 2 is 0.781 bits per heavy atom. The van der Waals surface area contributed by atoms with E-state index >= 15 is 0 Å². The van der Waals surface area contributed by atoms with Crippen LogP contribution in [-0.2, 0) is 24.6 Å². The molecule has 1 amide bonds. The van der Waals surface area contributed by atoms with Crippen LogP contribution in [-0.4, -0.2) is 24.1 Å². The molecule has 1 N–H and O–H groups in total. The minimum atomic E-state index is -1.23. The Balaban J connectivity index is -0.0000000292. The number of rotatable bonds is 5. The van der Waals surface area contributed by atoms with Crippen LogP contribution in [0.3, 0.4) is 0 Å². The Bertz CT molecular complexity index is 753. The number of hydrogen-bond acceptors (Lipinski definition) is 5. The van der Waals surface area contributed by atoms with Gasteiger partial charge >= 0.3 is 12.1 Å². The van der Waals surface area contributed by atoms with Crippen molar-refractivity contribution in [2.24, 2.45) is 5.92 Å². The van der Waals surface area contributed by atoms with Gasteiger partial charge < -0.3 is 14.8 Å². The number of Topliss-reactive ketones (excluding diaryl/α,β-unsaturated/α-hetero) is 1. The summed E-state index contributed by atoms with van der Waals surface area (Å²) in [5.41, 5.74) is -0.676. The fraction of sp³-hybridized carbons (Fsp3) is 0.526. The molecule has 1 unspecified atom stereocenters. The number of benzene rings is 1. The van der Waals surface area contributed by atoms with E-state index in [9.17, 15) is 14.4 Å². The van der Waals surface area contributed by atoms with Crippen LogP contribution in [0.1, 0.15) is 52.0 Å². The molecule has 1 aromatic carbocycles. The summed E-state index contributed by atoms with van der Waals surface area (Å²) in [6.07, 6.45) is 0.434. The zero-order chi connectivity index (χ0) is 57.3. The van der Waals surface area contributed by atoms with Crippen LogP contribution in [0.4, 0.5) is 179 Å². The Kier molecular flexibility index (Phi) is 319. The molecule has 1 saturated carbocycles. The number of amides is 1. The van der Waals surface area contributed by atoms with Gasteiger partial charge in [0.1, 0.15) is 5.54 Å². The van der Waals surface area contributed by atoms with E-state index in [0.717, 1.165) is 12.8 Å². The number of nitrogens with one attached hydrogen (secondary N) is 1. The highest BCUT2D eigenvalue weighted by Crippen LogP contribution is 2.38. The van der Waals surface area contributed by atoms with E-state index in [1.807, 2.05) is 0 Å². The number of carbonyl (C=O) groups is 3. The van der Waals surface area contributed by atoms with Crippen molar-refractivity contribution >= 4 is 29.4 Å². The number of halogens is 39. The SMILES string of the molecule is CC(OC(=O)N[C@]1(c2ccccc2Cl)CCCCC1=O)OC(=O)C(C)C.FF.FF.FF.FF.FF.FF.FF.FF.FF.FF.FF.FF.FF.FF.FF.FF.FF.FF.FF. The molecule has 45 heteroatoms. The van der Waals surface area contributed by atoms with Gasteiger partial charge in [0.15, 0.2) is 5.78 Å². The Morgan fingerprint density at radius 1 is 0.500 bits per heavy atom. The fourth-order valence-corrected chi connectivity index (χ4v) is 3.30. The quantitative estimate of drug-likeness (QED) is 0.180. The second-order valence-electron chi connectivity index (χ2n) is 6.70. The van der Waals surface area contributed by atoms with Gasteiger partial charge in [-0.1, -0.05) is 43.6 Å². The van der Waals surface area contributed by atoms with E-state index < -0.39 is 23.9 Å². The standard InChI is InChI=1S/C19H24ClNO5.19F2/c1-12(2)17(23)25-13(3)26-18(24)21-19(11-7-6-10-16(19)22)14-8-4-5-9-15(14)20;19*1-2/h4-5,8-9,12-13H,6-7,10-11H2,1-3H3,(H,21,24);;;;;;;;;;;;;;;;;;;/t13?,19-;;;;;;;;;;;;;;;;;;;/m0.................../s1. The van der Waals surface area contributed by atoms with E-state index in [2.05, 4.69) is 5.32 Å². The maximum absolute atomic E-state index is 12.7. The second kappa shape index (κ2) is 173. The van der Waals surface area contributed by atoms with Crippen molar-refractivity contribution in [2.75, 3.05) is 0 Å². The Morgan fingerprint density at radius 3 is 1.03 bits per heavy atom. The van der Waals surface area contributed by atoms with Crippen LogP contribution in [0.2, 0.25) is 5.02 Å². The van der Waals surface area contributed by atoms with Gasteiger partial charge in [0.25, 0.3) is 0 Å². The highest BCUT2D eigenvalue weighted by atomic mass is 35.5. The highest BCUT2D eigenvalue weighted by molar-refractivity contribution is 6.31. The van der Waals surface area contributed by atoms with Crippen LogP contribution in [0, 0.1) is 5.92 Å². The molecule has 0 radical (unpaired) electrons. The van der Waals surface area contributed by atoms with Crippen molar-refractivity contribution in [3.8, 4) is 0 Å². The molecule has 2 atom stereocenters. The lowest BCUT2D eigenvalue weighted by molar-refractivity contribution is -0.169. The topological polar surface area (TPSA) is 81.7 Å². The van der Waals surface area contributed by atoms with Crippen LogP contribution in [0.15, 0.2) is 24.3 Å². The van der Waals surface area contributed by atoms with Crippen LogP contribution in [0.25, 0.3) is 0 Å². The zero-order valence-corrected chi connectivity index (χ0v) is 30.3. The van der Waals surface area contributed by atoms with Crippen molar-refractivity contribution in [3.05, 3.63) is 34.9 Å². The first-order valence-electron chi connectivity index (χ1n) is 11.5. The molecular formula is C19H24ClF38NO5. The number of ketones is 1. The van der Waals surface area contributed by atoms with Gasteiger partial charge in [-0.05, 0) is 25.3 Å². The van der Waals surface area contributed by atoms with Crippen LogP contribution in [0.5, 0.6) is 0 Å². The second-order valence-corrected chi connectivity index (χ2v) is 7.11. The summed E-state index contributed by atoms with van der Waals surface area (Å²) in [6.45, 7) is 4.81. The molecule has 408 valence electrons. The summed E-state index contributed by atoms with van der Waals surface area (Å²) in [6, 6.07) is 6.94. The molecule has 1 fully saturated rings. The summed E-state index contributed by atoms with van der Waals surface area (Å²) in [4.78, 5) is 36.7. The average molecular weight is 1100 g/mol. The molecule has 64 heavy (non-hydrogen) atoms. The average Bonchev–Trinajstić information content (AvgIpc) is 3.43. The molecule has 0 spiro atoms. The molecule has 0 aliphatic heterocycles. The Labute approximate surface area is 332 Å². The first-order chi connectivity index (χ1) is 31.3. The molecule has 1 aliphatic carbocycles. The first kappa shape index (κ1) is 118. The van der Waals surface area contributed by atoms with E-state index in [-0.39, 0.29) is 11.7 Å². The number of esters is 1. The summed E-state index contributed by atoms with van der Waals surface area (Å²) in [5, 5.41) is 3.09. The Hall–Kier alpha value is -4.74. The fourth-order valence-electron chi connectivity index (χ4n) is 3.00. The van der Waals surface area contributed by atoms with Gasteiger partial charge in [-0.2, -0.15) is 0 Å². The van der Waals surface area contributed by atoms with E-state index in [0.29, 0.717) is 23.4 Å². The summed E-state index contributed by atoms with van der Waals surface area (Å²) >= 11 is 6.29. The van der Waals surface area contributed by atoms with Gasteiger partial charge in [0.2, 0.25) is 6.29 Å². The summed E-state index contributed by atoms with van der Waals surface area (Å²) in [5.74, 6) is -0.918. The molecule has 0 bridgehead atoms. The normalized spacial score (nSPS) is 10.4. The van der Waals surface area contributed by atoms with Crippen molar-refractivity contribution < 1.29 is 198 Å². The monoisotopic (exact) mass is 1100 g/mol. The summed E-state index contributed by atoms with van der Waals surface area (Å²) in [7, 11) is 0. The van der Waals surface area contributed by atoms with Crippen molar-refractivity contribution in [2.45, 2.75) is 58.3 Å². The molecule has 2 rings (SSSR count). The first-order valence-corrected chi connectivity index (χ1v) is 11.8. The number of ether oxygens (including phenoxy) is 2. The molecule has 6 nitrogen and oxygen atoms in total. The number of hydrogen-bond donors (Lipinski definition) is 1. The molecular weight excluding hydrogens is 1080 g/mol. The predicted molar refractivity (Wildman–Crippen MR) is 139 cm³/mol. The minimum absolute atomic E-state index is 0.111. The number of alkyl carbamates (subject to hydrolysis) is 1. The lowest BCUT2D eigenvalue weighted by Crippen LogP contribution is -2.54. The lowest BCUT2D eigenvalue weighted by Gasteiger charge is -2.37. The minimum Gasteiger partial charge on any atom is -0.425 e. The largest absolute Gasteiger partial charge is 0.425 e. The molecule has 0 heterocycles. The van der Waals surface area contributed by atoms with Crippen molar-refractivity contribution in [1.82, 2.24) is 5.32 Å². The summed E-state index contributed by atoms with van der Waals surface area (Å²) < 4.78 is 314. The van der Waals surface area contributed by atoms with Gasteiger partial charge in [0.05, 0.1) is 5.92 Å². The van der Waals surface area contributed by atoms with Gasteiger partial charge in [-0.15, -0.1) is 0 Å². The van der Waals surface area contributed by atoms with Crippen molar-refractivity contribution in [1.29, 1.82) is 0 Å². The maximum Gasteiger partial charge on any atom is 0.411 e. The van der Waals surface area contributed by atoms with E-state index in [1.165, 1.54) is 6.92 Å². The smallest absolute Gasteiger partial charge is 0.411 e. The lowest BCUT2D eigenvalue weighted by atomic mass is 9.75. The molecule has 0 aromatic heterocycles. The van der Waals surface area contributed by atoms with E-state index in [1.54, 1.807) is 38.1 Å². The predicted octanol–water partition coefficient (Wildman–Crippen LogP) is 19.9. The van der Waals surface area contributed by atoms with Crippen LogP contribution < -0.4 is 5.32 Å². The van der Waals surface area contributed by atoms with Crippen LogP contribution >= 0.6 is 11.6 Å². The van der Waals surface area contributed by atoms with Gasteiger partial charge in [0, 0.05) is 198 Å². The molecule has 1 aromatic rings.